The van der Waals surface area contributed by atoms with Gasteiger partial charge in [-0.15, -0.1) is 5.73 Å². The van der Waals surface area contributed by atoms with Crippen LogP contribution in [-0.2, 0) is 38.0 Å². The number of aliphatic hydroxyl groups is 7. The van der Waals surface area contributed by atoms with Crippen molar-refractivity contribution in [1.82, 2.24) is 0 Å². The van der Waals surface area contributed by atoms with Gasteiger partial charge in [0.15, 0.2) is 18.7 Å². The molecule has 2 fully saturated rings. The number of esters is 2. The van der Waals surface area contributed by atoms with Crippen molar-refractivity contribution in [2.45, 2.75) is 216 Å². The van der Waals surface area contributed by atoms with Gasteiger partial charge < -0.3 is 64.2 Å². The van der Waals surface area contributed by atoms with Gasteiger partial charge in [0.25, 0.3) is 0 Å². The summed E-state index contributed by atoms with van der Waals surface area (Å²) < 4.78 is 33.3. The monoisotopic (exact) mass is 833 g/mol. The number of hydrogen-bond donors (Lipinski definition) is 7. The van der Waals surface area contributed by atoms with Crippen LogP contribution in [0.4, 0.5) is 0 Å². The van der Waals surface area contributed by atoms with Gasteiger partial charge in [-0.25, -0.2) is 0 Å². The SMILES string of the molecule is CCCCCCCC=C=CCCCCCCCC(=O)OC[C@H](CO[C@@H]1O[C@H](CO[C@@H]2O[C@H](CO)[C@H](O)C(O)C2O)[C@H](O)C(O)C1O)OC(=O)CCCCCCCCC. The fraction of sp³-hybridized carbons (Fsp3) is 0.884. The van der Waals surface area contributed by atoms with E-state index in [1.54, 1.807) is 0 Å². The molecule has 2 aliphatic heterocycles. The molecule has 2 saturated heterocycles. The highest BCUT2D eigenvalue weighted by Gasteiger charge is 2.47. The van der Waals surface area contributed by atoms with Gasteiger partial charge in [-0.2, -0.15) is 0 Å². The average molecular weight is 833 g/mol. The Balaban J connectivity index is 1.84. The minimum atomic E-state index is -1.76. The lowest BCUT2D eigenvalue weighted by molar-refractivity contribution is -0.332. The van der Waals surface area contributed by atoms with E-state index in [1.165, 1.54) is 38.5 Å². The Labute approximate surface area is 345 Å². The van der Waals surface area contributed by atoms with Crippen LogP contribution in [0.15, 0.2) is 17.9 Å². The largest absolute Gasteiger partial charge is 0.462 e. The van der Waals surface area contributed by atoms with Gasteiger partial charge in [0, 0.05) is 12.8 Å². The molecule has 15 nitrogen and oxygen atoms in total. The molecule has 0 aromatic rings. The smallest absolute Gasteiger partial charge is 0.306 e. The number of allylic oxidation sites excluding steroid dienone is 1. The Hall–Kier alpha value is -1.98. The Morgan fingerprint density at radius 3 is 1.59 bits per heavy atom. The first kappa shape index (κ1) is 52.2. The number of ether oxygens (including phenoxy) is 6. The quantitative estimate of drug-likeness (QED) is 0.0288. The lowest BCUT2D eigenvalue weighted by atomic mass is 9.98. The number of unbranched alkanes of at least 4 members (excludes halogenated alkanes) is 16. The Kier molecular flexibility index (Phi) is 28.6. The summed E-state index contributed by atoms with van der Waals surface area (Å²) in [5.41, 5.74) is 3.28. The van der Waals surface area contributed by atoms with Crippen molar-refractivity contribution < 1.29 is 73.8 Å². The highest BCUT2D eigenvalue weighted by atomic mass is 16.7. The van der Waals surface area contributed by atoms with E-state index in [0.717, 1.165) is 70.6 Å². The zero-order valence-electron chi connectivity index (χ0n) is 35.1. The maximum atomic E-state index is 12.8. The number of hydrogen-bond acceptors (Lipinski definition) is 15. The molecule has 15 heteroatoms. The van der Waals surface area contributed by atoms with E-state index in [2.05, 4.69) is 31.7 Å². The predicted octanol–water partition coefficient (Wildman–Crippen LogP) is 4.03. The second-order valence-corrected chi connectivity index (χ2v) is 15.6. The lowest BCUT2D eigenvalue weighted by Gasteiger charge is -2.42. The molecular formula is C43H76O15. The van der Waals surface area contributed by atoms with Crippen molar-refractivity contribution in [3.05, 3.63) is 17.9 Å². The van der Waals surface area contributed by atoms with Crippen LogP contribution in [-0.4, -0.2) is 142 Å². The van der Waals surface area contributed by atoms with Crippen molar-refractivity contribution >= 4 is 11.9 Å². The summed E-state index contributed by atoms with van der Waals surface area (Å²) in [7, 11) is 0. The molecule has 7 N–H and O–H groups in total. The molecule has 338 valence electrons. The van der Waals surface area contributed by atoms with Crippen LogP contribution in [0.1, 0.15) is 149 Å². The minimum absolute atomic E-state index is 0.161. The summed E-state index contributed by atoms with van der Waals surface area (Å²) in [5.74, 6) is -0.953. The van der Waals surface area contributed by atoms with Crippen molar-refractivity contribution in [3.63, 3.8) is 0 Å². The second-order valence-electron chi connectivity index (χ2n) is 15.6. The fourth-order valence-corrected chi connectivity index (χ4v) is 6.78. The first-order valence-electron chi connectivity index (χ1n) is 22.0. The molecule has 0 amide bonds. The number of carbonyl (C=O) groups excluding carboxylic acids is 2. The van der Waals surface area contributed by atoms with Gasteiger partial charge in [-0.05, 0) is 50.7 Å². The third-order valence-electron chi connectivity index (χ3n) is 10.5. The molecule has 0 radical (unpaired) electrons. The van der Waals surface area contributed by atoms with E-state index in [9.17, 15) is 45.3 Å². The summed E-state index contributed by atoms with van der Waals surface area (Å²) in [4.78, 5) is 25.4. The summed E-state index contributed by atoms with van der Waals surface area (Å²) in [5, 5.41) is 71.6. The molecule has 2 heterocycles. The second kappa shape index (κ2) is 31.8. The van der Waals surface area contributed by atoms with Crippen LogP contribution >= 0.6 is 0 Å². The number of carbonyl (C=O) groups is 2. The Bertz CT molecular complexity index is 1130. The van der Waals surface area contributed by atoms with Crippen molar-refractivity contribution in [3.8, 4) is 0 Å². The van der Waals surface area contributed by atoms with Crippen LogP contribution in [0.5, 0.6) is 0 Å². The van der Waals surface area contributed by atoms with Gasteiger partial charge in [0.1, 0.15) is 55.4 Å². The maximum Gasteiger partial charge on any atom is 0.306 e. The highest BCUT2D eigenvalue weighted by Crippen LogP contribution is 2.26. The number of rotatable bonds is 32. The molecule has 0 bridgehead atoms. The van der Waals surface area contributed by atoms with E-state index >= 15 is 0 Å². The molecule has 11 atom stereocenters. The lowest BCUT2D eigenvalue weighted by Crippen LogP contribution is -2.61. The minimum Gasteiger partial charge on any atom is -0.462 e. The summed E-state index contributed by atoms with van der Waals surface area (Å²) in [6.07, 6.45) is 7.84. The summed E-state index contributed by atoms with van der Waals surface area (Å²) in [6, 6.07) is 0. The topological polar surface area (TPSA) is 231 Å². The first-order valence-corrected chi connectivity index (χ1v) is 22.0. The Morgan fingerprint density at radius 2 is 1.03 bits per heavy atom. The molecule has 58 heavy (non-hydrogen) atoms. The molecule has 0 aromatic carbocycles. The first-order chi connectivity index (χ1) is 28.0. The van der Waals surface area contributed by atoms with Gasteiger partial charge in [0.2, 0.25) is 0 Å². The van der Waals surface area contributed by atoms with Crippen molar-refractivity contribution in [2.75, 3.05) is 26.4 Å². The molecule has 2 aliphatic rings. The molecule has 2 rings (SSSR count). The molecule has 0 aromatic heterocycles. The van der Waals surface area contributed by atoms with E-state index in [4.69, 9.17) is 28.4 Å². The molecule has 0 saturated carbocycles. The van der Waals surface area contributed by atoms with E-state index in [1.807, 2.05) is 0 Å². The van der Waals surface area contributed by atoms with E-state index < -0.39 is 92.7 Å². The van der Waals surface area contributed by atoms with Gasteiger partial charge in [-0.3, -0.25) is 9.59 Å². The van der Waals surface area contributed by atoms with Crippen LogP contribution in [0.25, 0.3) is 0 Å². The zero-order chi connectivity index (χ0) is 42.5. The van der Waals surface area contributed by atoms with E-state index in [-0.39, 0.29) is 26.1 Å². The average Bonchev–Trinajstić information content (AvgIpc) is 3.21. The van der Waals surface area contributed by atoms with Gasteiger partial charge in [0.05, 0.1) is 19.8 Å². The van der Waals surface area contributed by atoms with Gasteiger partial charge >= 0.3 is 11.9 Å². The molecule has 0 spiro atoms. The normalized spacial score (nSPS) is 27.7. The van der Waals surface area contributed by atoms with Crippen LogP contribution in [0.2, 0.25) is 0 Å². The van der Waals surface area contributed by atoms with Crippen LogP contribution < -0.4 is 0 Å². The van der Waals surface area contributed by atoms with Crippen molar-refractivity contribution in [1.29, 1.82) is 0 Å². The standard InChI is InChI=1S/C43H76O15/c1-3-5-7-9-11-12-13-14-15-16-17-18-20-21-23-25-34(45)53-28-31(56-35(46)26-24-22-19-10-8-6-4-2)29-54-42-41(52)39(50)37(48)33(58-42)30-55-43-40(51)38(49)36(47)32(27-44)57-43/h13,15,31-33,36-44,47-52H,3-12,16-30H2,1-2H3/t14?,31-,32-,33-,36+,37+,38?,39?,40?,41?,42-,43-/m1/s1. The Morgan fingerprint density at radius 1 is 0.569 bits per heavy atom. The fourth-order valence-electron chi connectivity index (χ4n) is 6.78. The molecular weight excluding hydrogens is 756 g/mol. The number of aliphatic hydroxyl groups excluding tert-OH is 7. The predicted molar refractivity (Wildman–Crippen MR) is 214 cm³/mol. The summed E-state index contributed by atoms with van der Waals surface area (Å²) >= 11 is 0. The highest BCUT2D eigenvalue weighted by molar-refractivity contribution is 5.70. The van der Waals surface area contributed by atoms with Crippen LogP contribution in [0.3, 0.4) is 0 Å². The van der Waals surface area contributed by atoms with Crippen LogP contribution in [0, 0.1) is 0 Å². The zero-order valence-corrected chi connectivity index (χ0v) is 35.1. The van der Waals surface area contributed by atoms with Crippen molar-refractivity contribution in [2.24, 2.45) is 0 Å². The van der Waals surface area contributed by atoms with Gasteiger partial charge in [-0.1, -0.05) is 97.3 Å². The van der Waals surface area contributed by atoms with E-state index in [0.29, 0.717) is 12.8 Å². The molecule has 4 unspecified atom stereocenters. The third kappa shape index (κ3) is 21.0. The summed E-state index contributed by atoms with van der Waals surface area (Å²) in [6.45, 7) is 2.47. The molecule has 0 aliphatic carbocycles. The maximum absolute atomic E-state index is 12.8. The third-order valence-corrected chi connectivity index (χ3v) is 10.5.